The third-order valence-electron chi connectivity index (χ3n) is 30.7. The van der Waals surface area contributed by atoms with Gasteiger partial charge < -0.3 is 17.7 Å². The molecule has 130 heavy (non-hydrogen) atoms. The van der Waals surface area contributed by atoms with Crippen LogP contribution in [0.3, 0.4) is 0 Å². The molecule has 12 aromatic carbocycles. The number of fused-ring (bicyclic) bond motifs is 26. The van der Waals surface area contributed by atoms with Crippen LogP contribution in [0.2, 0.25) is 0 Å². The van der Waals surface area contributed by atoms with Crippen molar-refractivity contribution in [1.29, 1.82) is 0 Å². The van der Waals surface area contributed by atoms with E-state index in [-0.39, 0.29) is 21.7 Å². The number of furan rings is 4. The van der Waals surface area contributed by atoms with Crippen molar-refractivity contribution in [3.8, 4) is 89.5 Å². The van der Waals surface area contributed by atoms with Crippen molar-refractivity contribution < 1.29 is 35.9 Å². The van der Waals surface area contributed by atoms with Crippen LogP contribution in [0.15, 0.2) is 309 Å². The molecule has 25 rings (SSSR count). The Labute approximate surface area is 762 Å². The van der Waals surface area contributed by atoms with Gasteiger partial charge in [-0.15, -0.1) is 0 Å². The first-order valence-electron chi connectivity index (χ1n) is 47.2. The topological polar surface area (TPSA) is 68.1 Å². The molecule has 8 aromatic heterocycles. The monoisotopic (exact) mass is 1700 g/mol. The second-order valence-electron chi connectivity index (χ2n) is 39.5. The molecule has 1 saturated carbocycles. The lowest BCUT2D eigenvalue weighted by atomic mass is 9.68. The van der Waals surface area contributed by atoms with E-state index in [9.17, 15) is 0 Å². The lowest BCUT2D eigenvalue weighted by Gasteiger charge is -2.35. The predicted octanol–water partition coefficient (Wildman–Crippen LogP) is 30.1. The number of rotatable bonds is 10. The van der Waals surface area contributed by atoms with Gasteiger partial charge in [-0.05, 0) is 262 Å². The molecule has 5 aliphatic carbocycles. The largest absolute Gasteiger partial charge is 0.455 e. The number of aryl methyl sites for hydroxylation is 8. The minimum Gasteiger partial charge on any atom is -0.455 e. The van der Waals surface area contributed by atoms with Gasteiger partial charge in [0.25, 0.3) is 0 Å². The molecule has 0 N–H and O–H groups in total. The second-order valence-corrected chi connectivity index (χ2v) is 39.5. The van der Waals surface area contributed by atoms with E-state index in [2.05, 4.69) is 421 Å². The van der Waals surface area contributed by atoms with Gasteiger partial charge in [0, 0.05) is 113 Å². The summed E-state index contributed by atoms with van der Waals surface area (Å²) in [5.74, 6) is 1.21. The van der Waals surface area contributed by atoms with Gasteiger partial charge in [0.2, 0.25) is 22.8 Å². The first-order chi connectivity index (χ1) is 63.0. The Bertz CT molecular complexity index is 7990. The van der Waals surface area contributed by atoms with Crippen LogP contribution in [-0.2, 0) is 49.9 Å². The number of nitrogens with zero attached hydrogens (tertiary/aromatic N) is 4. The lowest BCUT2D eigenvalue weighted by molar-refractivity contribution is -0.660. The van der Waals surface area contributed by atoms with Gasteiger partial charge in [-0.1, -0.05) is 214 Å². The maximum atomic E-state index is 6.73. The van der Waals surface area contributed by atoms with E-state index in [0.717, 1.165) is 76.0 Å². The molecule has 8 heteroatoms. The first-order valence-corrected chi connectivity index (χ1v) is 47.2. The molecular weight excluding hydrogens is 1590 g/mol. The van der Waals surface area contributed by atoms with E-state index in [1.165, 1.54) is 219 Å². The third kappa shape index (κ3) is 12.5. The van der Waals surface area contributed by atoms with Crippen LogP contribution in [0.25, 0.3) is 177 Å². The highest BCUT2D eigenvalue weighted by atomic mass is 16.3. The molecule has 8 nitrogen and oxygen atoms in total. The fraction of sp³-hybridized carbons (Fsp3) is 0.246. The number of benzene rings is 12. The smallest absolute Gasteiger partial charge is 0.216 e. The molecule has 8 heterocycles. The molecule has 0 atom stereocenters. The number of hydrogen-bond acceptors (Lipinski definition) is 4. The molecule has 642 valence electrons. The third-order valence-corrected chi connectivity index (χ3v) is 30.7. The summed E-state index contributed by atoms with van der Waals surface area (Å²) in [5, 5.41) is 9.67. The summed E-state index contributed by atoms with van der Waals surface area (Å²) in [4.78, 5) is 0. The number of aromatic nitrogens is 4. The Kier molecular flexibility index (Phi) is 19.7. The van der Waals surface area contributed by atoms with Crippen LogP contribution in [0.4, 0.5) is 0 Å². The zero-order chi connectivity index (χ0) is 89.3. The maximum Gasteiger partial charge on any atom is 0.216 e. The average Bonchev–Trinajstić information content (AvgIpc) is 1.55. The molecule has 1 spiro atoms. The van der Waals surface area contributed by atoms with E-state index >= 15 is 0 Å². The van der Waals surface area contributed by atoms with Crippen molar-refractivity contribution in [1.82, 2.24) is 0 Å². The van der Waals surface area contributed by atoms with Gasteiger partial charge in [0.1, 0.15) is 72.9 Å². The molecule has 0 unspecified atom stereocenters. The van der Waals surface area contributed by atoms with Crippen molar-refractivity contribution in [2.75, 3.05) is 0 Å². The Balaban J connectivity index is 0.000000102. The van der Waals surface area contributed by atoms with Gasteiger partial charge in [-0.2, -0.15) is 0 Å². The summed E-state index contributed by atoms with van der Waals surface area (Å²) in [5.41, 5.74) is 45.0. The Morgan fingerprint density at radius 3 is 0.954 bits per heavy atom. The molecule has 1 fully saturated rings. The zero-order valence-electron chi connectivity index (χ0n) is 77.9. The normalized spacial score (nSPS) is 14.7. The van der Waals surface area contributed by atoms with Gasteiger partial charge in [0.15, 0.2) is 24.8 Å². The molecule has 5 aliphatic rings. The lowest BCUT2D eigenvalue weighted by Crippen LogP contribution is -2.30. The number of hydrogen-bond donors (Lipinski definition) is 0. The van der Waals surface area contributed by atoms with Crippen LogP contribution in [0.1, 0.15) is 174 Å². The van der Waals surface area contributed by atoms with Crippen molar-refractivity contribution in [2.24, 2.45) is 40.0 Å². The predicted molar refractivity (Wildman–Crippen MR) is 534 cm³/mol. The summed E-state index contributed by atoms with van der Waals surface area (Å²) in [7, 11) is 8.39. The summed E-state index contributed by atoms with van der Waals surface area (Å²) in [6, 6.07) is 98.0. The van der Waals surface area contributed by atoms with E-state index in [4.69, 9.17) is 17.7 Å². The molecular formula is C122H114N4O4+4. The van der Waals surface area contributed by atoms with Crippen LogP contribution < -0.4 is 18.3 Å². The highest BCUT2D eigenvalue weighted by molar-refractivity contribution is 6.16. The quantitative estimate of drug-likeness (QED) is 0.128. The molecule has 0 radical (unpaired) electrons. The average molecular weight is 1700 g/mol. The summed E-state index contributed by atoms with van der Waals surface area (Å²) < 4.78 is 35.3. The van der Waals surface area contributed by atoms with Crippen molar-refractivity contribution in [3.63, 3.8) is 0 Å². The fourth-order valence-electron chi connectivity index (χ4n) is 24.6. The van der Waals surface area contributed by atoms with Crippen LogP contribution >= 0.6 is 0 Å². The summed E-state index contributed by atoms with van der Waals surface area (Å²) >= 11 is 0. The molecule has 0 bridgehead atoms. The highest BCUT2D eigenvalue weighted by Crippen LogP contribution is 2.61. The van der Waals surface area contributed by atoms with E-state index in [1.54, 1.807) is 0 Å². The Morgan fingerprint density at radius 2 is 0.569 bits per heavy atom. The minimum atomic E-state index is -0.0241. The van der Waals surface area contributed by atoms with Gasteiger partial charge in [0.05, 0.1) is 22.3 Å². The molecule has 0 amide bonds. The van der Waals surface area contributed by atoms with Crippen molar-refractivity contribution >= 4 is 87.8 Å². The van der Waals surface area contributed by atoms with Gasteiger partial charge in [-0.3, -0.25) is 0 Å². The van der Waals surface area contributed by atoms with Gasteiger partial charge in [-0.25, -0.2) is 18.3 Å². The van der Waals surface area contributed by atoms with Crippen LogP contribution in [0.5, 0.6) is 0 Å². The van der Waals surface area contributed by atoms with Crippen molar-refractivity contribution in [2.45, 2.75) is 156 Å². The van der Waals surface area contributed by atoms with Crippen LogP contribution in [0, 0.1) is 39.5 Å². The van der Waals surface area contributed by atoms with Gasteiger partial charge >= 0.3 is 0 Å². The molecule has 20 aromatic rings. The second kappa shape index (κ2) is 31.1. The van der Waals surface area contributed by atoms with E-state index < -0.39 is 0 Å². The fourth-order valence-corrected chi connectivity index (χ4v) is 24.6. The minimum absolute atomic E-state index is 0.0241. The van der Waals surface area contributed by atoms with Crippen LogP contribution in [-0.4, -0.2) is 0 Å². The SMILES string of the molecule is CCC1(CC)c2ccccc2-c2cc3c(cc21)oc1c(-c2cccc[n+]2C)c(C)ccc13.Cc1ccc2c(oc3cc4c(cc32)-c2ccccc2C4(C)C)c1-c1cccc[n+]1C.Cc1ccc2c(oc3cc4c(cc32)C(CC(C)C)(CC(C)C)c2ccccc2-4)c1-c1cccc[n+]1C.Cc1ccc2c(oc3cc4c(cc32)C2(CCCC2)c2ccccc2-4)c1-c1cccc[n+]1C. The summed E-state index contributed by atoms with van der Waals surface area (Å²) in [6.45, 7) is 27.4. The van der Waals surface area contributed by atoms with E-state index in [0.29, 0.717) is 11.8 Å². The van der Waals surface area contributed by atoms with Crippen molar-refractivity contribution in [3.05, 3.63) is 358 Å². The molecule has 0 aliphatic heterocycles. The highest BCUT2D eigenvalue weighted by Gasteiger charge is 2.48. The zero-order valence-corrected chi connectivity index (χ0v) is 77.9. The Hall–Kier alpha value is -13.6. The number of pyridine rings is 4. The summed E-state index contributed by atoms with van der Waals surface area (Å²) in [6.07, 6.45) is 18.0. The maximum absolute atomic E-state index is 6.73. The Morgan fingerprint density at radius 1 is 0.277 bits per heavy atom. The standard InChI is InChI=1S/C34H36NO.C30H26NO.C30H28NO.C28H24NO/c1-21(2)19-34(20-22(3)4)28-12-8-7-11-24(28)26-18-31-27(17-29(26)34)25-15-14-23(5)32(33(25)36-31)30-13-9-10-16-35(30)6;1-19-12-13-21-23-17-25-22(20-9-3-4-10-24(20)30(25)14-6-7-15-30)18-27(23)32-29(21)28(19)26-11-5-8-16-31(26)2;1-5-30(6-2)24-12-8-7-11-20(24)22-17-23-21-15-14-19(3)28(26-13-9-10-16-31(26)4)29(21)32-27(23)18-25(22)30;1-17-12-13-19-21-15-20-18-9-5-6-10-22(18)28(2,3)23(20)16-25(21)30-27(19)26(17)24-11-7-8-14-29(24)4/h7-18,21-22H,19-20H2,1-6H3;3-5,8-13,16-18H,6-7,14-15H2,1-2H3;7-18H,5-6H2,1-4H3;5-16H,1-4H3/q4*+1. The first kappa shape index (κ1) is 82.1. The van der Waals surface area contributed by atoms with E-state index in [1.807, 2.05) is 0 Å². The molecule has 0 saturated heterocycles.